The maximum Gasteiger partial charge on any atom is 0.307 e. The zero-order chi connectivity index (χ0) is 14.7. The van der Waals surface area contributed by atoms with Crippen LogP contribution < -0.4 is 5.32 Å². The Hall–Kier alpha value is -1.76. The molecular formula is C13H16N2O4S. The second-order valence-electron chi connectivity index (χ2n) is 4.92. The predicted octanol–water partition coefficient (Wildman–Crippen LogP) is 2.18. The molecule has 1 fully saturated rings. The summed E-state index contributed by atoms with van der Waals surface area (Å²) in [5.41, 5.74) is 0.309. The Morgan fingerprint density at radius 3 is 2.50 bits per heavy atom. The highest BCUT2D eigenvalue weighted by Gasteiger charge is 2.35. The summed E-state index contributed by atoms with van der Waals surface area (Å²) < 4.78 is 0. The molecule has 0 spiro atoms. The minimum atomic E-state index is -0.923. The Labute approximate surface area is 120 Å². The van der Waals surface area contributed by atoms with Crippen LogP contribution in [0, 0.1) is 11.8 Å². The normalized spacial score (nSPS) is 22.2. The largest absolute Gasteiger partial charge is 0.481 e. The van der Waals surface area contributed by atoms with Gasteiger partial charge in [0.1, 0.15) is 5.69 Å². The SMILES string of the molecule is CC(=O)c1csc(NC(=O)[C@@H]2CCCC[C@@H]2C(=O)O)n1. The smallest absolute Gasteiger partial charge is 0.307 e. The van der Waals surface area contributed by atoms with Crippen molar-refractivity contribution in [3.05, 3.63) is 11.1 Å². The number of rotatable bonds is 4. The van der Waals surface area contributed by atoms with Crippen LogP contribution in [0.5, 0.6) is 0 Å². The number of ketones is 1. The third kappa shape index (κ3) is 3.22. The molecule has 20 heavy (non-hydrogen) atoms. The first-order chi connectivity index (χ1) is 9.49. The molecule has 7 heteroatoms. The molecule has 1 saturated carbocycles. The Morgan fingerprint density at radius 1 is 1.30 bits per heavy atom. The number of hydrogen-bond donors (Lipinski definition) is 2. The van der Waals surface area contributed by atoms with Gasteiger partial charge in [-0.05, 0) is 12.8 Å². The fourth-order valence-electron chi connectivity index (χ4n) is 2.43. The number of hydrogen-bond acceptors (Lipinski definition) is 5. The molecule has 1 aliphatic rings. The molecule has 2 atom stereocenters. The lowest BCUT2D eigenvalue weighted by atomic mass is 9.79. The maximum atomic E-state index is 12.2. The number of nitrogens with zero attached hydrogens (tertiary/aromatic N) is 1. The summed E-state index contributed by atoms with van der Waals surface area (Å²) in [6, 6.07) is 0. The van der Waals surface area contributed by atoms with E-state index in [-0.39, 0.29) is 11.7 Å². The lowest BCUT2D eigenvalue weighted by Gasteiger charge is -2.26. The third-order valence-electron chi connectivity index (χ3n) is 3.51. The Balaban J connectivity index is 2.05. The number of carboxylic acid groups (broad SMARTS) is 1. The summed E-state index contributed by atoms with van der Waals surface area (Å²) in [5.74, 6) is -2.56. The summed E-state index contributed by atoms with van der Waals surface area (Å²) >= 11 is 1.17. The third-order valence-corrected chi connectivity index (χ3v) is 4.27. The maximum absolute atomic E-state index is 12.2. The summed E-state index contributed by atoms with van der Waals surface area (Å²) in [4.78, 5) is 38.5. The number of aromatic nitrogens is 1. The zero-order valence-corrected chi connectivity index (χ0v) is 11.9. The fraction of sp³-hybridized carbons (Fsp3) is 0.538. The first-order valence-electron chi connectivity index (χ1n) is 6.49. The van der Waals surface area contributed by atoms with Crippen LogP contribution in [0.4, 0.5) is 5.13 Å². The lowest BCUT2D eigenvalue weighted by Crippen LogP contribution is -2.36. The van der Waals surface area contributed by atoms with Crippen molar-refractivity contribution in [2.75, 3.05) is 5.32 Å². The van der Waals surface area contributed by atoms with Crippen molar-refractivity contribution in [2.24, 2.45) is 11.8 Å². The highest BCUT2D eigenvalue weighted by atomic mass is 32.1. The van der Waals surface area contributed by atoms with Gasteiger partial charge >= 0.3 is 5.97 Å². The van der Waals surface area contributed by atoms with E-state index >= 15 is 0 Å². The highest BCUT2D eigenvalue weighted by Crippen LogP contribution is 2.31. The second kappa shape index (κ2) is 6.13. The van der Waals surface area contributed by atoms with Crippen LogP contribution in [0.25, 0.3) is 0 Å². The number of nitrogens with one attached hydrogen (secondary N) is 1. The molecule has 0 aromatic carbocycles. The van der Waals surface area contributed by atoms with Gasteiger partial charge in [-0.2, -0.15) is 0 Å². The van der Waals surface area contributed by atoms with E-state index in [2.05, 4.69) is 10.3 Å². The first kappa shape index (κ1) is 14.6. The van der Waals surface area contributed by atoms with Crippen molar-refractivity contribution in [1.29, 1.82) is 0 Å². The monoisotopic (exact) mass is 296 g/mol. The molecule has 0 aliphatic heterocycles. The number of Topliss-reactive ketones (excluding diaryl/α,β-unsaturated/α-hetero) is 1. The van der Waals surface area contributed by atoms with Crippen LogP contribution in [0.3, 0.4) is 0 Å². The van der Waals surface area contributed by atoms with Gasteiger partial charge in [0.05, 0.1) is 11.8 Å². The number of carboxylic acids is 1. The van der Waals surface area contributed by atoms with E-state index in [0.717, 1.165) is 12.8 Å². The van der Waals surface area contributed by atoms with Gasteiger partial charge in [-0.1, -0.05) is 12.8 Å². The van der Waals surface area contributed by atoms with Gasteiger partial charge in [-0.25, -0.2) is 4.98 Å². The number of aliphatic carboxylic acids is 1. The molecule has 1 amide bonds. The molecule has 0 bridgehead atoms. The molecule has 1 aromatic rings. The van der Waals surface area contributed by atoms with Crippen LogP contribution >= 0.6 is 11.3 Å². The Bertz CT molecular complexity index is 540. The highest BCUT2D eigenvalue weighted by molar-refractivity contribution is 7.14. The van der Waals surface area contributed by atoms with Gasteiger partial charge in [0, 0.05) is 12.3 Å². The molecule has 0 radical (unpaired) electrons. The fourth-order valence-corrected chi connectivity index (χ4v) is 3.18. The minimum Gasteiger partial charge on any atom is -0.481 e. The second-order valence-corrected chi connectivity index (χ2v) is 5.78. The molecule has 2 N–H and O–H groups in total. The molecule has 1 aliphatic carbocycles. The lowest BCUT2D eigenvalue weighted by molar-refractivity contribution is -0.147. The van der Waals surface area contributed by atoms with Crippen LogP contribution in [0.2, 0.25) is 0 Å². The van der Waals surface area contributed by atoms with Crippen LogP contribution in [0.1, 0.15) is 43.1 Å². The van der Waals surface area contributed by atoms with Gasteiger partial charge in [0.25, 0.3) is 0 Å². The van der Waals surface area contributed by atoms with Gasteiger partial charge in [-0.15, -0.1) is 11.3 Å². The molecular weight excluding hydrogens is 280 g/mol. The van der Waals surface area contributed by atoms with Crippen molar-refractivity contribution >= 4 is 34.1 Å². The molecule has 108 valence electrons. The predicted molar refractivity (Wildman–Crippen MR) is 73.8 cm³/mol. The van der Waals surface area contributed by atoms with E-state index in [4.69, 9.17) is 5.11 Å². The number of carbonyl (C=O) groups excluding carboxylic acids is 2. The van der Waals surface area contributed by atoms with Gasteiger partial charge in [0.15, 0.2) is 10.9 Å². The number of thiazole rings is 1. The summed E-state index contributed by atoms with van der Waals surface area (Å²) in [6.45, 7) is 1.41. The number of anilines is 1. The summed E-state index contributed by atoms with van der Waals surface area (Å²) in [6.07, 6.45) is 2.81. The molecule has 2 rings (SSSR count). The van der Waals surface area contributed by atoms with Crippen molar-refractivity contribution in [2.45, 2.75) is 32.6 Å². The molecule has 6 nitrogen and oxygen atoms in total. The van der Waals surface area contributed by atoms with Gasteiger partial charge < -0.3 is 10.4 Å². The molecule has 1 heterocycles. The van der Waals surface area contributed by atoms with Crippen molar-refractivity contribution < 1.29 is 19.5 Å². The van der Waals surface area contributed by atoms with Crippen LogP contribution in [-0.4, -0.2) is 27.8 Å². The number of amides is 1. The number of carbonyl (C=O) groups is 3. The first-order valence-corrected chi connectivity index (χ1v) is 7.37. The molecule has 0 unspecified atom stereocenters. The van der Waals surface area contributed by atoms with Crippen molar-refractivity contribution in [3.63, 3.8) is 0 Å². The average molecular weight is 296 g/mol. The van der Waals surface area contributed by atoms with E-state index in [9.17, 15) is 14.4 Å². The summed E-state index contributed by atoms with van der Waals surface area (Å²) in [5, 5.41) is 13.7. The van der Waals surface area contributed by atoms with Crippen LogP contribution in [-0.2, 0) is 9.59 Å². The average Bonchev–Trinajstić information content (AvgIpc) is 2.87. The van der Waals surface area contributed by atoms with Crippen molar-refractivity contribution in [3.8, 4) is 0 Å². The van der Waals surface area contributed by atoms with Gasteiger partial charge in [-0.3, -0.25) is 14.4 Å². The summed E-state index contributed by atoms with van der Waals surface area (Å²) in [7, 11) is 0. The van der Waals surface area contributed by atoms with E-state index in [1.807, 2.05) is 0 Å². The van der Waals surface area contributed by atoms with E-state index in [1.165, 1.54) is 18.3 Å². The quantitative estimate of drug-likeness (QED) is 0.830. The van der Waals surface area contributed by atoms with Crippen molar-refractivity contribution in [1.82, 2.24) is 4.98 Å². The van der Waals surface area contributed by atoms with Crippen LogP contribution in [0.15, 0.2) is 5.38 Å². The molecule has 0 saturated heterocycles. The van der Waals surface area contributed by atoms with E-state index in [0.29, 0.717) is 23.7 Å². The topological polar surface area (TPSA) is 96.4 Å². The zero-order valence-electron chi connectivity index (χ0n) is 11.1. The minimum absolute atomic E-state index is 0.164. The van der Waals surface area contributed by atoms with Gasteiger partial charge in [0.2, 0.25) is 5.91 Å². The van der Waals surface area contributed by atoms with E-state index in [1.54, 1.807) is 5.38 Å². The standard InChI is InChI=1S/C13H16N2O4S/c1-7(16)10-6-20-13(14-10)15-11(17)8-4-2-3-5-9(8)12(18)19/h6,8-9H,2-5H2,1H3,(H,18,19)(H,14,15,17)/t8-,9+/m1/s1. The Morgan fingerprint density at radius 2 is 1.95 bits per heavy atom. The molecule has 1 aromatic heterocycles. The Kier molecular flexibility index (Phi) is 4.49. The van der Waals surface area contributed by atoms with E-state index < -0.39 is 17.8 Å².